The first kappa shape index (κ1) is 26.9. The van der Waals surface area contributed by atoms with E-state index in [-0.39, 0.29) is 0 Å². The third-order valence-electron chi connectivity index (χ3n) is 9.43. The van der Waals surface area contributed by atoms with Gasteiger partial charge in [0.05, 0.1) is 12.8 Å². The molecule has 2 saturated carbocycles. The molecule has 42 heavy (non-hydrogen) atoms. The fraction of sp³-hybridized carbons (Fsp3) is 0.368. The van der Waals surface area contributed by atoms with Crippen LogP contribution in [0.1, 0.15) is 75.3 Å². The van der Waals surface area contributed by atoms with Gasteiger partial charge in [0.2, 0.25) is 0 Å². The Morgan fingerprint density at radius 1 is 0.619 bits per heavy atom. The van der Waals surface area contributed by atoms with Crippen LogP contribution in [0, 0.1) is 0 Å². The molecular formula is C38H42N2O2. The maximum atomic E-state index is 5.99. The highest BCUT2D eigenvalue weighted by Gasteiger charge is 2.20. The maximum absolute atomic E-state index is 5.99. The third-order valence-corrected chi connectivity index (χ3v) is 9.43. The van der Waals surface area contributed by atoms with Gasteiger partial charge in [-0.15, -0.1) is 0 Å². The Labute approximate surface area is 249 Å². The minimum atomic E-state index is 0.546. The van der Waals surface area contributed by atoms with Crippen molar-refractivity contribution < 1.29 is 9.15 Å². The topological polar surface area (TPSA) is 46.4 Å². The zero-order valence-corrected chi connectivity index (χ0v) is 24.8. The molecule has 2 fully saturated rings. The van der Waals surface area contributed by atoms with Crippen LogP contribution in [0.4, 0.5) is 11.4 Å². The minimum Gasteiger partial charge on any atom is -0.495 e. The van der Waals surface area contributed by atoms with E-state index in [1.807, 2.05) is 18.2 Å². The average molecular weight is 559 g/mol. The summed E-state index contributed by atoms with van der Waals surface area (Å²) in [5.74, 6) is 0.893. The SMILES string of the molecule is COc1cc2c(cc1NC1CCCCC1)oc1ccccc12.c1ccc2c(c1)Cc1cc(NC3CCCCC3)ccc1-2. The minimum absolute atomic E-state index is 0.546. The molecule has 0 bridgehead atoms. The highest BCUT2D eigenvalue weighted by Crippen LogP contribution is 2.39. The Balaban J connectivity index is 0.000000138. The molecule has 4 aromatic carbocycles. The monoisotopic (exact) mass is 558 g/mol. The van der Waals surface area contributed by atoms with Gasteiger partial charge in [-0.05, 0) is 78.6 Å². The van der Waals surface area contributed by atoms with Crippen LogP contribution in [-0.4, -0.2) is 19.2 Å². The Kier molecular flexibility index (Phi) is 7.78. The van der Waals surface area contributed by atoms with E-state index in [0.717, 1.165) is 39.8 Å². The summed E-state index contributed by atoms with van der Waals surface area (Å²) in [6.45, 7) is 0. The van der Waals surface area contributed by atoms with Gasteiger partial charge in [-0.25, -0.2) is 0 Å². The Morgan fingerprint density at radius 3 is 2.10 bits per heavy atom. The van der Waals surface area contributed by atoms with E-state index in [1.54, 1.807) is 7.11 Å². The number of nitrogens with one attached hydrogen (secondary N) is 2. The van der Waals surface area contributed by atoms with Crippen molar-refractivity contribution in [2.45, 2.75) is 82.7 Å². The predicted molar refractivity (Wildman–Crippen MR) is 176 cm³/mol. The number of benzene rings is 4. The molecule has 1 heterocycles. The molecule has 0 radical (unpaired) electrons. The van der Waals surface area contributed by atoms with E-state index in [1.165, 1.54) is 92.1 Å². The zero-order valence-electron chi connectivity index (χ0n) is 24.8. The van der Waals surface area contributed by atoms with E-state index in [0.29, 0.717) is 12.1 Å². The maximum Gasteiger partial charge on any atom is 0.142 e. The molecule has 3 aliphatic rings. The molecule has 8 rings (SSSR count). The van der Waals surface area contributed by atoms with Crippen LogP contribution in [-0.2, 0) is 6.42 Å². The first-order valence-corrected chi connectivity index (χ1v) is 16.0. The molecular weight excluding hydrogens is 516 g/mol. The molecule has 3 aliphatic carbocycles. The fourth-order valence-electron chi connectivity index (χ4n) is 7.22. The second-order valence-corrected chi connectivity index (χ2v) is 12.3. The number of hydrogen-bond acceptors (Lipinski definition) is 4. The molecule has 0 amide bonds. The Morgan fingerprint density at radius 2 is 1.31 bits per heavy atom. The molecule has 0 saturated heterocycles. The normalized spacial score (nSPS) is 16.9. The summed E-state index contributed by atoms with van der Waals surface area (Å²) < 4.78 is 11.6. The van der Waals surface area contributed by atoms with Gasteiger partial charge in [0, 0.05) is 34.6 Å². The van der Waals surface area contributed by atoms with Gasteiger partial charge in [-0.1, -0.05) is 87.1 Å². The van der Waals surface area contributed by atoms with Gasteiger partial charge < -0.3 is 19.8 Å². The molecule has 216 valence electrons. The van der Waals surface area contributed by atoms with E-state index in [2.05, 4.69) is 71.3 Å². The van der Waals surface area contributed by atoms with Crippen LogP contribution >= 0.6 is 0 Å². The lowest BCUT2D eigenvalue weighted by Gasteiger charge is -2.24. The molecule has 1 aromatic heterocycles. The van der Waals surface area contributed by atoms with E-state index < -0.39 is 0 Å². The van der Waals surface area contributed by atoms with Crippen LogP contribution in [0.5, 0.6) is 5.75 Å². The summed E-state index contributed by atoms with van der Waals surface area (Å²) in [7, 11) is 1.73. The lowest BCUT2D eigenvalue weighted by atomic mass is 9.95. The summed E-state index contributed by atoms with van der Waals surface area (Å²) in [6.07, 6.45) is 14.4. The summed E-state index contributed by atoms with van der Waals surface area (Å²) >= 11 is 0. The zero-order chi connectivity index (χ0) is 28.3. The van der Waals surface area contributed by atoms with Crippen LogP contribution in [0.25, 0.3) is 33.1 Å². The highest BCUT2D eigenvalue weighted by molar-refractivity contribution is 6.06. The summed E-state index contributed by atoms with van der Waals surface area (Å²) in [6, 6.07) is 29.3. The van der Waals surface area contributed by atoms with Crippen molar-refractivity contribution >= 4 is 33.3 Å². The van der Waals surface area contributed by atoms with Crippen LogP contribution in [0.2, 0.25) is 0 Å². The first-order chi connectivity index (χ1) is 20.7. The largest absolute Gasteiger partial charge is 0.495 e. The number of hydrogen-bond donors (Lipinski definition) is 2. The molecule has 0 unspecified atom stereocenters. The highest BCUT2D eigenvalue weighted by atomic mass is 16.5. The summed E-state index contributed by atoms with van der Waals surface area (Å²) in [4.78, 5) is 0. The molecule has 4 heteroatoms. The number of furan rings is 1. The molecule has 0 spiro atoms. The van der Waals surface area contributed by atoms with Gasteiger partial charge in [0.15, 0.2) is 0 Å². The molecule has 0 atom stereocenters. The van der Waals surface area contributed by atoms with E-state index >= 15 is 0 Å². The molecule has 5 aromatic rings. The van der Waals surface area contributed by atoms with Crippen molar-refractivity contribution in [3.05, 3.63) is 90.0 Å². The number of rotatable bonds is 5. The Bertz CT molecular complexity index is 1670. The van der Waals surface area contributed by atoms with Crippen molar-refractivity contribution in [3.63, 3.8) is 0 Å². The quantitative estimate of drug-likeness (QED) is 0.221. The standard InChI is InChI=1S/C19H21NO2.C19H21N/c1-21-19-11-15-14-9-5-6-10-17(14)22-18(15)12-16(19)20-13-7-3-2-4-8-13;1-2-7-16(8-3-1)20-17-10-11-19-15(13-17)12-14-6-4-5-9-18(14)19/h5-6,9-13,20H,2-4,7-8H2,1H3;4-6,9-11,13,16,20H,1-3,7-8,12H2. The number of anilines is 2. The summed E-state index contributed by atoms with van der Waals surface area (Å²) in [5.41, 5.74) is 9.99. The first-order valence-electron chi connectivity index (χ1n) is 16.0. The van der Waals surface area contributed by atoms with E-state index in [9.17, 15) is 0 Å². The van der Waals surface area contributed by atoms with Gasteiger partial charge in [0.25, 0.3) is 0 Å². The molecule has 4 nitrogen and oxygen atoms in total. The second-order valence-electron chi connectivity index (χ2n) is 12.3. The van der Waals surface area contributed by atoms with Crippen molar-refractivity contribution in [2.24, 2.45) is 0 Å². The smallest absolute Gasteiger partial charge is 0.142 e. The van der Waals surface area contributed by atoms with Crippen molar-refractivity contribution in [1.82, 2.24) is 0 Å². The van der Waals surface area contributed by atoms with Gasteiger partial charge in [0.1, 0.15) is 16.9 Å². The van der Waals surface area contributed by atoms with Crippen molar-refractivity contribution in [2.75, 3.05) is 17.7 Å². The van der Waals surface area contributed by atoms with Crippen molar-refractivity contribution in [1.29, 1.82) is 0 Å². The number of para-hydroxylation sites is 1. The molecule has 0 aliphatic heterocycles. The van der Waals surface area contributed by atoms with Gasteiger partial charge in [-0.2, -0.15) is 0 Å². The van der Waals surface area contributed by atoms with Crippen LogP contribution < -0.4 is 15.4 Å². The Hall–Kier alpha value is -3.92. The predicted octanol–water partition coefficient (Wildman–Crippen LogP) is 10.3. The summed E-state index contributed by atoms with van der Waals surface area (Å²) in [5, 5.41) is 9.64. The van der Waals surface area contributed by atoms with E-state index in [4.69, 9.17) is 9.15 Å². The fourth-order valence-corrected chi connectivity index (χ4v) is 7.22. The lowest BCUT2D eigenvalue weighted by molar-refractivity contribution is 0.413. The third kappa shape index (κ3) is 5.60. The number of methoxy groups -OCH3 is 1. The number of fused-ring (bicyclic) bond motifs is 6. The molecule has 2 N–H and O–H groups in total. The van der Waals surface area contributed by atoms with Gasteiger partial charge in [-0.3, -0.25) is 0 Å². The lowest BCUT2D eigenvalue weighted by Crippen LogP contribution is -2.22. The van der Waals surface area contributed by atoms with Crippen LogP contribution in [0.15, 0.2) is 83.3 Å². The van der Waals surface area contributed by atoms with Crippen LogP contribution in [0.3, 0.4) is 0 Å². The second kappa shape index (κ2) is 12.1. The van der Waals surface area contributed by atoms with Gasteiger partial charge >= 0.3 is 0 Å². The number of ether oxygens (including phenoxy) is 1. The van der Waals surface area contributed by atoms with Crippen molar-refractivity contribution in [3.8, 4) is 16.9 Å². The average Bonchev–Trinajstić information content (AvgIpc) is 3.59.